The second-order valence-electron chi connectivity index (χ2n) is 7.93. The SMILES string of the molecule is CCC(O[N+](=O)[O-])C12CC(C)CC(CC(C)(CCN)C1)C2. The molecule has 5 heteroatoms. The first kappa shape index (κ1) is 16.5. The summed E-state index contributed by atoms with van der Waals surface area (Å²) < 4.78 is 0. The van der Waals surface area contributed by atoms with Gasteiger partial charge in [-0.1, -0.05) is 20.8 Å². The minimum absolute atomic E-state index is 0.0354. The molecule has 0 radical (unpaired) electrons. The molecule has 2 saturated carbocycles. The van der Waals surface area contributed by atoms with Gasteiger partial charge in [-0.05, 0) is 74.2 Å². The first-order chi connectivity index (χ1) is 9.82. The minimum atomic E-state index is -0.591. The Morgan fingerprint density at radius 3 is 2.71 bits per heavy atom. The number of rotatable bonds is 6. The molecule has 0 saturated heterocycles. The summed E-state index contributed by atoms with van der Waals surface area (Å²) in [5.74, 6) is 1.30. The van der Waals surface area contributed by atoms with Gasteiger partial charge in [0.15, 0.2) is 0 Å². The molecule has 0 aliphatic heterocycles. The van der Waals surface area contributed by atoms with Gasteiger partial charge in [0.05, 0.1) is 0 Å². The molecule has 5 nitrogen and oxygen atoms in total. The Morgan fingerprint density at radius 1 is 1.43 bits per heavy atom. The first-order valence-corrected chi connectivity index (χ1v) is 8.34. The van der Waals surface area contributed by atoms with Crippen LogP contribution in [0.3, 0.4) is 0 Å². The predicted molar refractivity (Wildman–Crippen MR) is 82.1 cm³/mol. The van der Waals surface area contributed by atoms with Crippen LogP contribution in [0.4, 0.5) is 0 Å². The third-order valence-electron chi connectivity index (χ3n) is 5.76. The zero-order valence-electron chi connectivity index (χ0n) is 13.6. The van der Waals surface area contributed by atoms with Crippen molar-refractivity contribution in [2.24, 2.45) is 28.4 Å². The maximum atomic E-state index is 10.9. The standard InChI is InChI=1S/C16H30N2O3/c1-4-14(21-18(19)20)16-8-12(2)7-13(10-16)9-15(3,11-16)5-6-17/h12-14H,4-11,17H2,1-3H3. The molecule has 0 aromatic carbocycles. The lowest BCUT2D eigenvalue weighted by Gasteiger charge is -2.56. The Kier molecular flexibility index (Phi) is 4.81. The van der Waals surface area contributed by atoms with Crippen LogP contribution in [0.25, 0.3) is 0 Å². The van der Waals surface area contributed by atoms with E-state index in [1.807, 2.05) is 6.92 Å². The number of hydrogen-bond donors (Lipinski definition) is 1. The van der Waals surface area contributed by atoms with E-state index in [1.165, 1.54) is 12.8 Å². The summed E-state index contributed by atoms with van der Waals surface area (Å²) in [6.07, 6.45) is 7.06. The van der Waals surface area contributed by atoms with Gasteiger partial charge in [0.1, 0.15) is 6.10 Å². The van der Waals surface area contributed by atoms with Crippen LogP contribution < -0.4 is 5.73 Å². The fourth-order valence-corrected chi connectivity index (χ4v) is 5.65. The highest BCUT2D eigenvalue weighted by atomic mass is 17.0. The summed E-state index contributed by atoms with van der Waals surface area (Å²) in [5, 5.41) is 10.3. The van der Waals surface area contributed by atoms with Crippen molar-refractivity contribution in [2.45, 2.75) is 71.8 Å². The molecule has 122 valence electrons. The summed E-state index contributed by atoms with van der Waals surface area (Å²) in [4.78, 5) is 16.0. The molecule has 2 aliphatic rings. The van der Waals surface area contributed by atoms with E-state index in [-0.39, 0.29) is 16.9 Å². The normalized spacial score (nSPS) is 40.6. The molecule has 21 heavy (non-hydrogen) atoms. The second-order valence-corrected chi connectivity index (χ2v) is 7.93. The molecule has 2 aliphatic carbocycles. The summed E-state index contributed by atoms with van der Waals surface area (Å²) in [6, 6.07) is 0. The van der Waals surface area contributed by atoms with E-state index in [0.717, 1.165) is 25.7 Å². The van der Waals surface area contributed by atoms with Crippen LogP contribution in [0, 0.1) is 32.8 Å². The highest BCUT2D eigenvalue weighted by molar-refractivity contribution is 5.02. The van der Waals surface area contributed by atoms with Crippen LogP contribution in [-0.4, -0.2) is 17.7 Å². The zero-order valence-corrected chi connectivity index (χ0v) is 13.6. The van der Waals surface area contributed by atoms with Crippen LogP contribution in [0.2, 0.25) is 0 Å². The molecule has 0 aromatic rings. The Labute approximate surface area is 127 Å². The molecular weight excluding hydrogens is 268 g/mol. The van der Waals surface area contributed by atoms with Gasteiger partial charge in [-0.25, -0.2) is 0 Å². The highest BCUT2D eigenvalue weighted by Gasteiger charge is 2.53. The van der Waals surface area contributed by atoms with Gasteiger partial charge in [-0.15, -0.1) is 10.1 Å². The van der Waals surface area contributed by atoms with Gasteiger partial charge in [-0.3, -0.25) is 0 Å². The van der Waals surface area contributed by atoms with E-state index in [0.29, 0.717) is 24.8 Å². The summed E-state index contributed by atoms with van der Waals surface area (Å²) >= 11 is 0. The molecule has 2 N–H and O–H groups in total. The van der Waals surface area contributed by atoms with E-state index in [1.54, 1.807) is 0 Å². The molecular formula is C16H30N2O3. The third kappa shape index (κ3) is 3.50. The lowest BCUT2D eigenvalue weighted by molar-refractivity contribution is -0.773. The average molecular weight is 298 g/mol. The summed E-state index contributed by atoms with van der Waals surface area (Å²) in [5.41, 5.74) is 5.99. The highest BCUT2D eigenvalue weighted by Crippen LogP contribution is 2.60. The van der Waals surface area contributed by atoms with Crippen molar-refractivity contribution in [3.8, 4) is 0 Å². The van der Waals surface area contributed by atoms with Crippen LogP contribution in [0.1, 0.15) is 65.7 Å². The molecule has 0 amide bonds. The molecule has 2 bridgehead atoms. The van der Waals surface area contributed by atoms with Crippen molar-refractivity contribution >= 4 is 0 Å². The number of nitrogens with zero attached hydrogens (tertiary/aromatic N) is 1. The first-order valence-electron chi connectivity index (χ1n) is 8.34. The maximum absolute atomic E-state index is 10.9. The van der Waals surface area contributed by atoms with E-state index in [2.05, 4.69) is 13.8 Å². The fraction of sp³-hybridized carbons (Fsp3) is 1.00. The molecule has 0 aromatic heterocycles. The molecule has 0 heterocycles. The molecule has 0 spiro atoms. The lowest BCUT2D eigenvalue weighted by Crippen LogP contribution is -2.51. The van der Waals surface area contributed by atoms with Gasteiger partial charge in [0.25, 0.3) is 5.09 Å². The quantitative estimate of drug-likeness (QED) is 0.601. The van der Waals surface area contributed by atoms with Crippen molar-refractivity contribution in [3.05, 3.63) is 10.1 Å². The van der Waals surface area contributed by atoms with Crippen molar-refractivity contribution in [2.75, 3.05) is 6.54 Å². The summed E-state index contributed by atoms with van der Waals surface area (Å²) in [7, 11) is 0. The third-order valence-corrected chi connectivity index (χ3v) is 5.76. The molecule has 2 fully saturated rings. The Bertz CT molecular complexity index is 386. The average Bonchev–Trinajstić information content (AvgIpc) is 2.33. The predicted octanol–water partition coefficient (Wildman–Crippen LogP) is 3.54. The second kappa shape index (κ2) is 6.11. The van der Waals surface area contributed by atoms with Crippen molar-refractivity contribution < 1.29 is 9.92 Å². The topological polar surface area (TPSA) is 78.4 Å². The zero-order chi connectivity index (χ0) is 15.7. The largest absolute Gasteiger partial charge is 0.330 e. The van der Waals surface area contributed by atoms with Gasteiger partial charge in [0, 0.05) is 0 Å². The van der Waals surface area contributed by atoms with Crippen LogP contribution in [-0.2, 0) is 4.84 Å². The minimum Gasteiger partial charge on any atom is -0.330 e. The summed E-state index contributed by atoms with van der Waals surface area (Å²) in [6.45, 7) is 7.30. The van der Waals surface area contributed by atoms with E-state index < -0.39 is 5.09 Å². The maximum Gasteiger partial charge on any atom is 0.294 e. The van der Waals surface area contributed by atoms with E-state index >= 15 is 0 Å². The van der Waals surface area contributed by atoms with E-state index in [9.17, 15) is 10.1 Å². The van der Waals surface area contributed by atoms with Gasteiger partial charge in [0.2, 0.25) is 0 Å². The Balaban J connectivity index is 2.28. The Hall–Kier alpha value is -0.840. The van der Waals surface area contributed by atoms with Crippen molar-refractivity contribution in [1.29, 1.82) is 0 Å². The van der Waals surface area contributed by atoms with E-state index in [4.69, 9.17) is 10.6 Å². The van der Waals surface area contributed by atoms with Crippen molar-refractivity contribution in [1.82, 2.24) is 0 Å². The number of fused-ring (bicyclic) bond motifs is 2. The van der Waals surface area contributed by atoms with Crippen molar-refractivity contribution in [3.63, 3.8) is 0 Å². The lowest BCUT2D eigenvalue weighted by atomic mass is 9.50. The van der Waals surface area contributed by atoms with Crippen LogP contribution in [0.15, 0.2) is 0 Å². The number of hydrogen-bond acceptors (Lipinski definition) is 4. The Morgan fingerprint density at radius 2 is 2.14 bits per heavy atom. The monoisotopic (exact) mass is 298 g/mol. The van der Waals surface area contributed by atoms with Gasteiger partial charge >= 0.3 is 0 Å². The molecule has 5 atom stereocenters. The van der Waals surface area contributed by atoms with Crippen LogP contribution >= 0.6 is 0 Å². The smallest absolute Gasteiger partial charge is 0.294 e. The molecule has 5 unspecified atom stereocenters. The van der Waals surface area contributed by atoms with Gasteiger partial charge < -0.3 is 10.6 Å². The fourth-order valence-electron chi connectivity index (χ4n) is 5.65. The number of nitrogens with two attached hydrogens (primary N) is 1. The molecule has 2 rings (SSSR count). The van der Waals surface area contributed by atoms with Gasteiger partial charge in [-0.2, -0.15) is 0 Å². The van der Waals surface area contributed by atoms with Crippen LogP contribution in [0.5, 0.6) is 0 Å².